The summed E-state index contributed by atoms with van der Waals surface area (Å²) in [4.78, 5) is 16.6. The first-order valence-electron chi connectivity index (χ1n) is 8.63. The SMILES string of the molecule is CC(C)CN1CCS(=O)(=O)[C@@H]2CCN(C(=O)C3CC3)CC[C@@H]21. The maximum Gasteiger partial charge on any atom is 0.225 e. The van der Waals surface area contributed by atoms with Crippen LogP contribution in [-0.2, 0) is 14.6 Å². The fraction of sp³-hybridized carbons (Fsp3) is 0.938. The summed E-state index contributed by atoms with van der Waals surface area (Å²) in [6, 6.07) is 0.0955. The highest BCUT2D eigenvalue weighted by Crippen LogP contribution is 2.33. The maximum absolute atomic E-state index is 12.5. The van der Waals surface area contributed by atoms with Crippen LogP contribution in [0.25, 0.3) is 0 Å². The number of carbonyl (C=O) groups excluding carboxylic acids is 1. The molecule has 5 nitrogen and oxygen atoms in total. The summed E-state index contributed by atoms with van der Waals surface area (Å²) in [5, 5.41) is -0.281. The molecule has 1 aliphatic carbocycles. The highest BCUT2D eigenvalue weighted by Gasteiger charge is 2.44. The van der Waals surface area contributed by atoms with E-state index in [1.165, 1.54) is 0 Å². The van der Waals surface area contributed by atoms with Crippen molar-refractivity contribution in [3.05, 3.63) is 0 Å². The van der Waals surface area contributed by atoms with Gasteiger partial charge in [-0.25, -0.2) is 8.42 Å². The lowest BCUT2D eigenvalue weighted by molar-refractivity contribution is -0.132. The summed E-state index contributed by atoms with van der Waals surface area (Å²) in [5.41, 5.74) is 0. The minimum Gasteiger partial charge on any atom is -0.342 e. The Labute approximate surface area is 134 Å². The summed E-state index contributed by atoms with van der Waals surface area (Å²) in [5.74, 6) is 1.29. The molecule has 2 heterocycles. The summed E-state index contributed by atoms with van der Waals surface area (Å²) < 4.78 is 25.0. The van der Waals surface area contributed by atoms with Gasteiger partial charge < -0.3 is 4.90 Å². The van der Waals surface area contributed by atoms with E-state index < -0.39 is 9.84 Å². The minimum absolute atomic E-state index is 0.0955. The van der Waals surface area contributed by atoms with E-state index in [0.29, 0.717) is 25.4 Å². The van der Waals surface area contributed by atoms with Gasteiger partial charge in [-0.15, -0.1) is 0 Å². The molecule has 0 aromatic carbocycles. The van der Waals surface area contributed by atoms with Crippen molar-refractivity contribution in [2.24, 2.45) is 11.8 Å². The van der Waals surface area contributed by atoms with Crippen molar-refractivity contribution < 1.29 is 13.2 Å². The number of likely N-dealkylation sites (tertiary alicyclic amines) is 1. The van der Waals surface area contributed by atoms with Gasteiger partial charge in [-0.3, -0.25) is 9.69 Å². The van der Waals surface area contributed by atoms with Crippen molar-refractivity contribution >= 4 is 15.7 Å². The zero-order valence-corrected chi connectivity index (χ0v) is 14.5. The molecule has 0 spiro atoms. The predicted octanol–water partition coefficient (Wildman–Crippen LogP) is 1.14. The van der Waals surface area contributed by atoms with Crippen LogP contribution >= 0.6 is 0 Å². The summed E-state index contributed by atoms with van der Waals surface area (Å²) in [7, 11) is -3.01. The fourth-order valence-electron chi connectivity index (χ4n) is 3.96. The van der Waals surface area contributed by atoms with Crippen LogP contribution in [0, 0.1) is 11.8 Å². The third-order valence-corrected chi connectivity index (χ3v) is 7.46. The van der Waals surface area contributed by atoms with Crippen molar-refractivity contribution in [1.82, 2.24) is 9.80 Å². The number of nitrogens with zero attached hydrogens (tertiary/aromatic N) is 2. The van der Waals surface area contributed by atoms with Crippen LogP contribution in [0.4, 0.5) is 0 Å². The summed E-state index contributed by atoms with van der Waals surface area (Å²) in [6.45, 7) is 7.30. The summed E-state index contributed by atoms with van der Waals surface area (Å²) in [6.07, 6.45) is 3.44. The van der Waals surface area contributed by atoms with E-state index in [4.69, 9.17) is 0 Å². The van der Waals surface area contributed by atoms with Gasteiger partial charge in [0.2, 0.25) is 5.91 Å². The van der Waals surface area contributed by atoms with Gasteiger partial charge >= 0.3 is 0 Å². The number of hydrogen-bond acceptors (Lipinski definition) is 4. The Morgan fingerprint density at radius 1 is 1.09 bits per heavy atom. The number of sulfone groups is 1. The molecule has 0 unspecified atom stereocenters. The molecule has 2 saturated heterocycles. The van der Waals surface area contributed by atoms with E-state index in [0.717, 1.165) is 32.4 Å². The second-order valence-corrected chi connectivity index (χ2v) is 9.88. The number of carbonyl (C=O) groups is 1. The van der Waals surface area contributed by atoms with Gasteiger partial charge in [0.05, 0.1) is 11.0 Å². The zero-order chi connectivity index (χ0) is 15.9. The van der Waals surface area contributed by atoms with Gasteiger partial charge in [0, 0.05) is 38.1 Å². The van der Waals surface area contributed by atoms with Gasteiger partial charge in [0.25, 0.3) is 0 Å². The zero-order valence-electron chi connectivity index (χ0n) is 13.7. The maximum atomic E-state index is 12.5. The van der Waals surface area contributed by atoms with Gasteiger partial charge in [-0.05, 0) is 31.6 Å². The summed E-state index contributed by atoms with van der Waals surface area (Å²) >= 11 is 0. The molecular weight excluding hydrogens is 300 g/mol. The third kappa shape index (κ3) is 3.32. The Morgan fingerprint density at radius 2 is 1.77 bits per heavy atom. The molecule has 2 aliphatic heterocycles. The van der Waals surface area contributed by atoms with Crippen LogP contribution in [0.5, 0.6) is 0 Å². The predicted molar refractivity (Wildman–Crippen MR) is 86.3 cm³/mol. The van der Waals surface area contributed by atoms with E-state index >= 15 is 0 Å². The largest absolute Gasteiger partial charge is 0.342 e. The van der Waals surface area contributed by atoms with Crippen LogP contribution in [0.15, 0.2) is 0 Å². The highest BCUT2D eigenvalue weighted by atomic mass is 32.2. The molecule has 0 bridgehead atoms. The standard InChI is InChI=1S/C16H28N2O3S/c1-12(2)11-18-9-10-22(20,21)15-6-8-17(7-5-14(15)18)16(19)13-3-4-13/h12-15H,3-11H2,1-2H3/t14-,15+/m0/s1. The molecule has 6 heteroatoms. The van der Waals surface area contributed by atoms with Crippen LogP contribution < -0.4 is 0 Å². The first-order valence-corrected chi connectivity index (χ1v) is 10.3. The van der Waals surface area contributed by atoms with Gasteiger partial charge in [-0.1, -0.05) is 13.8 Å². The highest BCUT2D eigenvalue weighted by molar-refractivity contribution is 7.92. The molecule has 126 valence electrons. The molecule has 1 amide bonds. The number of fused-ring (bicyclic) bond motifs is 1. The second kappa shape index (κ2) is 6.11. The van der Waals surface area contributed by atoms with Crippen LogP contribution in [0.3, 0.4) is 0 Å². The lowest BCUT2D eigenvalue weighted by Gasteiger charge is -2.40. The van der Waals surface area contributed by atoms with E-state index in [-0.39, 0.29) is 28.9 Å². The Balaban J connectivity index is 1.75. The Morgan fingerprint density at radius 3 is 2.41 bits per heavy atom. The fourth-order valence-corrected chi connectivity index (χ4v) is 6.01. The Hall–Kier alpha value is -0.620. The quantitative estimate of drug-likeness (QED) is 0.780. The number of amides is 1. The van der Waals surface area contributed by atoms with Crippen molar-refractivity contribution in [2.75, 3.05) is 31.9 Å². The molecule has 0 aromatic heterocycles. The molecular formula is C16H28N2O3S. The van der Waals surface area contributed by atoms with Crippen LogP contribution in [0.1, 0.15) is 39.5 Å². The third-order valence-electron chi connectivity index (χ3n) is 5.24. The van der Waals surface area contributed by atoms with Crippen molar-refractivity contribution in [3.63, 3.8) is 0 Å². The molecule has 0 aromatic rings. The van der Waals surface area contributed by atoms with Crippen LogP contribution in [0.2, 0.25) is 0 Å². The first kappa shape index (κ1) is 16.2. The van der Waals surface area contributed by atoms with Crippen LogP contribution in [-0.4, -0.2) is 67.3 Å². The average molecular weight is 328 g/mol. The van der Waals surface area contributed by atoms with Crippen molar-refractivity contribution in [1.29, 1.82) is 0 Å². The lowest BCUT2D eigenvalue weighted by atomic mass is 10.0. The second-order valence-electron chi connectivity index (χ2n) is 7.54. The molecule has 22 heavy (non-hydrogen) atoms. The first-order chi connectivity index (χ1) is 10.4. The van der Waals surface area contributed by atoms with Gasteiger partial charge in [-0.2, -0.15) is 0 Å². The topological polar surface area (TPSA) is 57.7 Å². The van der Waals surface area contributed by atoms with Crippen molar-refractivity contribution in [3.8, 4) is 0 Å². The Bertz CT molecular complexity index is 528. The van der Waals surface area contributed by atoms with E-state index in [9.17, 15) is 13.2 Å². The molecule has 3 fully saturated rings. The average Bonchev–Trinajstić information content (AvgIpc) is 3.26. The monoisotopic (exact) mass is 328 g/mol. The van der Waals surface area contributed by atoms with Gasteiger partial charge in [0.15, 0.2) is 9.84 Å². The molecule has 0 N–H and O–H groups in total. The van der Waals surface area contributed by atoms with E-state index in [1.807, 2.05) is 4.90 Å². The Kier molecular flexibility index (Phi) is 4.52. The molecule has 3 rings (SSSR count). The number of hydrogen-bond donors (Lipinski definition) is 0. The smallest absolute Gasteiger partial charge is 0.225 e. The number of rotatable bonds is 3. The normalized spacial score (nSPS) is 32.6. The van der Waals surface area contributed by atoms with Gasteiger partial charge in [0.1, 0.15) is 0 Å². The van der Waals surface area contributed by atoms with Crippen molar-refractivity contribution in [2.45, 2.75) is 50.8 Å². The molecule has 3 aliphatic rings. The van der Waals surface area contributed by atoms with E-state index in [2.05, 4.69) is 18.7 Å². The molecule has 0 radical (unpaired) electrons. The molecule has 1 saturated carbocycles. The molecule has 2 atom stereocenters. The van der Waals surface area contributed by atoms with E-state index in [1.54, 1.807) is 0 Å². The minimum atomic E-state index is -3.01. The lowest BCUT2D eigenvalue weighted by Crippen LogP contribution is -2.55.